The SMILES string of the molecule is COCCOc1cc(-c2c3ccc(=[N+](C)C)cc-3oc3cc(N(C)C)ccc23)ccc1N1CCOc2cc(C)ccc2N2CCOCCOCCN(CCOCCOCC2)c2ccc(C)cc2OCC1. The van der Waals surface area contributed by atoms with E-state index >= 15 is 0 Å². The number of hydrogen-bond acceptors (Lipinski definition) is 13. The van der Waals surface area contributed by atoms with Gasteiger partial charge in [0, 0.05) is 81.7 Å². The fourth-order valence-corrected chi connectivity index (χ4v) is 8.95. The Morgan fingerprint density at radius 3 is 1.64 bits per heavy atom. The molecule has 0 radical (unpaired) electrons. The summed E-state index contributed by atoms with van der Waals surface area (Å²) in [5.41, 5.74) is 10.1. The molecule has 5 aliphatic rings. The lowest BCUT2D eigenvalue weighted by molar-refractivity contribution is 0.0435. The maximum Gasteiger partial charge on any atom is 0.203 e. The first-order valence-corrected chi connectivity index (χ1v) is 24.6. The molecule has 1 saturated heterocycles. The van der Waals surface area contributed by atoms with Gasteiger partial charge in [0.2, 0.25) is 5.36 Å². The van der Waals surface area contributed by atoms with E-state index in [1.165, 1.54) is 0 Å². The minimum Gasteiger partial charge on any atom is -0.490 e. The van der Waals surface area contributed by atoms with Crippen LogP contribution < -0.4 is 43.7 Å². The van der Waals surface area contributed by atoms with E-state index in [4.69, 9.17) is 42.3 Å². The van der Waals surface area contributed by atoms with E-state index in [1.54, 1.807) is 7.11 Å². The molecule has 4 aromatic rings. The first-order valence-electron chi connectivity index (χ1n) is 24.6. The first-order chi connectivity index (χ1) is 34.2. The van der Waals surface area contributed by atoms with Crippen LogP contribution in [0.15, 0.2) is 95.4 Å². The monoisotopic (exact) mass is 959 g/mol. The van der Waals surface area contributed by atoms with Crippen LogP contribution in [0.4, 0.5) is 22.7 Å². The zero-order valence-corrected chi connectivity index (χ0v) is 42.3. The van der Waals surface area contributed by atoms with Crippen molar-refractivity contribution in [3.05, 3.63) is 107 Å². The fraction of sp³-hybridized carbons (Fsp3) is 0.446. The van der Waals surface area contributed by atoms with Crippen molar-refractivity contribution in [2.45, 2.75) is 13.8 Å². The minimum atomic E-state index is 0.365. The third-order valence-corrected chi connectivity index (χ3v) is 12.8. The summed E-state index contributed by atoms with van der Waals surface area (Å²) in [5, 5.41) is 2.07. The molecule has 2 bridgehead atoms. The Balaban J connectivity index is 1.22. The highest BCUT2D eigenvalue weighted by molar-refractivity contribution is 6.03. The lowest BCUT2D eigenvalue weighted by atomic mass is 9.93. The summed E-state index contributed by atoms with van der Waals surface area (Å²) < 4.78 is 59.3. The van der Waals surface area contributed by atoms with Crippen LogP contribution in [0.25, 0.3) is 33.4 Å². The molecule has 0 amide bonds. The van der Waals surface area contributed by atoms with Crippen molar-refractivity contribution < 1.29 is 42.3 Å². The molecule has 9 rings (SSSR count). The fourth-order valence-electron chi connectivity index (χ4n) is 8.95. The molecule has 0 aromatic heterocycles. The lowest BCUT2D eigenvalue weighted by Gasteiger charge is -2.30. The van der Waals surface area contributed by atoms with Crippen molar-refractivity contribution in [3.8, 4) is 39.7 Å². The summed E-state index contributed by atoms with van der Waals surface area (Å²) in [7, 11) is 9.87. The number of methoxy groups -OCH3 is 1. The van der Waals surface area contributed by atoms with Gasteiger partial charge < -0.3 is 61.9 Å². The van der Waals surface area contributed by atoms with E-state index in [-0.39, 0.29) is 0 Å². The van der Waals surface area contributed by atoms with Gasteiger partial charge in [0.25, 0.3) is 0 Å². The van der Waals surface area contributed by atoms with Gasteiger partial charge in [-0.3, -0.25) is 0 Å². The number of aryl methyl sites for hydroxylation is 2. The molecular formula is C56H72N5O9+. The molecule has 0 N–H and O–H groups in total. The number of benzene rings is 5. The van der Waals surface area contributed by atoms with Crippen LogP contribution >= 0.6 is 0 Å². The Hall–Kier alpha value is -6.03. The Bertz CT molecular complexity index is 2580. The van der Waals surface area contributed by atoms with Crippen molar-refractivity contribution in [1.82, 2.24) is 4.58 Å². The maximum absolute atomic E-state index is 6.84. The van der Waals surface area contributed by atoms with Crippen molar-refractivity contribution in [3.63, 3.8) is 0 Å². The molecule has 4 aromatic carbocycles. The quantitative estimate of drug-likeness (QED) is 0.0680. The summed E-state index contributed by atoms with van der Waals surface area (Å²) in [6.45, 7) is 13.6. The van der Waals surface area contributed by atoms with Gasteiger partial charge in [-0.2, -0.15) is 0 Å². The zero-order valence-electron chi connectivity index (χ0n) is 42.3. The van der Waals surface area contributed by atoms with E-state index in [9.17, 15) is 0 Å². The van der Waals surface area contributed by atoms with Crippen LogP contribution in [0, 0.1) is 13.8 Å². The standard InChI is InChI=1S/C56H72N5O9/c1-41-8-15-48-53(36-41)67-28-22-61(23-29-68-54-37-42(2)9-16-49(54)60-20-26-65-33-31-63-24-18-59(48)19-25-64-32-34-66-27-21-60)50-17-10-43(38-55(50)69-35-30-62-7)56-46-13-11-44(57(3)4)39-51(46)70-52-40-45(58(5)6)12-14-47(52)56/h8-17,36-40H,18-35H2,1-7H3/q+1. The first kappa shape index (κ1) is 50.4. The normalized spacial score (nSPS) is 16.2. The van der Waals surface area contributed by atoms with Gasteiger partial charge in [0.05, 0.1) is 95.7 Å². The number of fused-ring (bicyclic) bond motifs is 22. The van der Waals surface area contributed by atoms with E-state index in [0.29, 0.717) is 119 Å². The zero-order chi connectivity index (χ0) is 48.8. The molecule has 70 heavy (non-hydrogen) atoms. The highest BCUT2D eigenvalue weighted by Gasteiger charge is 2.23. The molecule has 0 unspecified atom stereocenters. The highest BCUT2D eigenvalue weighted by Crippen LogP contribution is 2.44. The average molecular weight is 959 g/mol. The van der Waals surface area contributed by atoms with Gasteiger partial charge in [-0.05, 0) is 85.1 Å². The molecule has 1 fully saturated rings. The summed E-state index contributed by atoms with van der Waals surface area (Å²) in [6, 6.07) is 32.1. The third-order valence-electron chi connectivity index (χ3n) is 12.8. The van der Waals surface area contributed by atoms with Gasteiger partial charge in [0.1, 0.15) is 62.5 Å². The van der Waals surface area contributed by atoms with Crippen LogP contribution in [-0.2, 0) is 23.7 Å². The minimum absolute atomic E-state index is 0.365. The van der Waals surface area contributed by atoms with Crippen LogP contribution in [0.3, 0.4) is 0 Å². The van der Waals surface area contributed by atoms with E-state index in [0.717, 1.165) is 89.9 Å². The summed E-state index contributed by atoms with van der Waals surface area (Å²) >= 11 is 0. The van der Waals surface area contributed by atoms with Crippen molar-refractivity contribution in [1.29, 1.82) is 0 Å². The predicted octanol–water partition coefficient (Wildman–Crippen LogP) is 7.62. The van der Waals surface area contributed by atoms with Gasteiger partial charge >= 0.3 is 0 Å². The smallest absolute Gasteiger partial charge is 0.203 e. The largest absolute Gasteiger partial charge is 0.490 e. The van der Waals surface area contributed by atoms with Crippen LogP contribution in [-0.4, -0.2) is 154 Å². The molecule has 0 atom stereocenters. The number of hydrogen-bond donors (Lipinski definition) is 0. The molecule has 1 aliphatic carbocycles. The number of anilines is 4. The summed E-state index contributed by atoms with van der Waals surface area (Å²) in [5.74, 6) is 3.14. The van der Waals surface area contributed by atoms with E-state index in [1.807, 2.05) is 28.2 Å². The van der Waals surface area contributed by atoms with Crippen LogP contribution in [0.5, 0.6) is 17.2 Å². The topological polar surface area (TPSA) is 103 Å². The molecule has 14 heteroatoms. The molecule has 4 aliphatic heterocycles. The Kier molecular flexibility index (Phi) is 17.8. The second kappa shape index (κ2) is 24.7. The van der Waals surface area contributed by atoms with Crippen molar-refractivity contribution >= 4 is 33.7 Å². The Labute approximate surface area is 413 Å². The number of nitrogens with zero attached hydrogens (tertiary/aromatic N) is 5. The third kappa shape index (κ3) is 12.8. The lowest BCUT2D eigenvalue weighted by Crippen LogP contribution is -2.34. The Morgan fingerprint density at radius 1 is 0.557 bits per heavy atom. The highest BCUT2D eigenvalue weighted by atomic mass is 16.5. The van der Waals surface area contributed by atoms with Gasteiger partial charge in [0.15, 0.2) is 0 Å². The Morgan fingerprint density at radius 2 is 1.10 bits per heavy atom. The summed E-state index contributed by atoms with van der Waals surface area (Å²) in [6.07, 6.45) is 0. The molecule has 14 nitrogen and oxygen atoms in total. The van der Waals surface area contributed by atoms with Gasteiger partial charge in [-0.1, -0.05) is 18.2 Å². The van der Waals surface area contributed by atoms with E-state index in [2.05, 4.69) is 129 Å². The van der Waals surface area contributed by atoms with Crippen LogP contribution in [0.2, 0.25) is 0 Å². The predicted molar refractivity (Wildman–Crippen MR) is 280 cm³/mol. The van der Waals surface area contributed by atoms with Gasteiger partial charge in [-0.15, -0.1) is 0 Å². The number of rotatable bonds is 7. The average Bonchev–Trinajstić information content (AvgIpc) is 3.35. The molecule has 0 saturated carbocycles. The van der Waals surface area contributed by atoms with Gasteiger partial charge in [-0.25, -0.2) is 4.58 Å². The molecular weight excluding hydrogens is 887 g/mol. The van der Waals surface area contributed by atoms with Crippen molar-refractivity contribution in [2.24, 2.45) is 0 Å². The summed E-state index contributed by atoms with van der Waals surface area (Å²) in [4.78, 5) is 8.98. The van der Waals surface area contributed by atoms with Crippen molar-refractivity contribution in [2.75, 3.05) is 173 Å². The second-order valence-electron chi connectivity index (χ2n) is 18.2. The number of ether oxygens (including phenoxy) is 8. The second-order valence-corrected chi connectivity index (χ2v) is 18.2. The maximum atomic E-state index is 6.84. The molecule has 4 heterocycles. The molecule has 374 valence electrons. The van der Waals surface area contributed by atoms with E-state index < -0.39 is 0 Å². The molecule has 0 spiro atoms. The van der Waals surface area contributed by atoms with Crippen LogP contribution in [0.1, 0.15) is 11.1 Å².